The summed E-state index contributed by atoms with van der Waals surface area (Å²) >= 11 is 1.43. The fraction of sp³-hybridized carbons (Fsp3) is 0.455. The zero-order valence-corrected chi connectivity index (χ0v) is 19.6. The predicted molar refractivity (Wildman–Crippen MR) is 122 cm³/mol. The Bertz CT molecular complexity index is 932. The molecule has 0 bridgehead atoms. The van der Waals surface area contributed by atoms with Crippen LogP contribution < -0.4 is 5.73 Å². The van der Waals surface area contributed by atoms with Crippen molar-refractivity contribution < 1.29 is 28.5 Å². The minimum Gasteiger partial charge on any atom is -0.323 e. The van der Waals surface area contributed by atoms with Crippen LogP contribution in [0.4, 0.5) is 0 Å². The summed E-state index contributed by atoms with van der Waals surface area (Å²) in [5.74, 6) is 0.168. The van der Waals surface area contributed by atoms with Gasteiger partial charge in [0, 0.05) is 22.4 Å². The normalized spacial score (nSPS) is 13.7. The van der Waals surface area contributed by atoms with E-state index in [0.717, 1.165) is 29.7 Å². The number of unbranched alkanes of at least 4 members (excludes halogenated alkanes) is 1. The lowest BCUT2D eigenvalue weighted by atomic mass is 9.98. The molecule has 9 heteroatoms. The summed E-state index contributed by atoms with van der Waals surface area (Å²) in [6, 6.07) is 11.3. The second-order valence-electron chi connectivity index (χ2n) is 8.07. The number of aryl methyl sites for hydroxylation is 2. The van der Waals surface area contributed by atoms with Crippen LogP contribution in [-0.4, -0.2) is 33.5 Å². The van der Waals surface area contributed by atoms with Gasteiger partial charge in [-0.15, -0.1) is 11.3 Å². The van der Waals surface area contributed by atoms with Gasteiger partial charge in [-0.25, -0.2) is 4.57 Å². The van der Waals surface area contributed by atoms with E-state index in [1.165, 1.54) is 11.3 Å². The van der Waals surface area contributed by atoms with Gasteiger partial charge in [0.25, 0.3) is 0 Å². The summed E-state index contributed by atoms with van der Waals surface area (Å²) in [6.07, 6.45) is 4.12. The lowest BCUT2D eigenvalue weighted by Crippen LogP contribution is -2.41. The minimum atomic E-state index is -4.54. The van der Waals surface area contributed by atoms with E-state index in [2.05, 4.69) is 4.52 Å². The Labute approximate surface area is 186 Å². The summed E-state index contributed by atoms with van der Waals surface area (Å²) in [6.45, 7) is 2.98. The van der Waals surface area contributed by atoms with Crippen molar-refractivity contribution in [2.75, 3.05) is 6.61 Å². The first-order chi connectivity index (χ1) is 14.5. The molecule has 0 saturated carbocycles. The maximum Gasteiger partial charge on any atom is 0.469 e. The monoisotopic (exact) mass is 467 g/mol. The van der Waals surface area contributed by atoms with E-state index < -0.39 is 13.4 Å². The quantitative estimate of drug-likeness (QED) is 0.228. The van der Waals surface area contributed by atoms with Crippen LogP contribution in [0.1, 0.15) is 70.0 Å². The van der Waals surface area contributed by atoms with Crippen molar-refractivity contribution in [2.45, 2.75) is 57.9 Å². The van der Waals surface area contributed by atoms with E-state index in [1.807, 2.05) is 36.4 Å². The molecule has 1 unspecified atom stereocenters. The number of carbonyl (C=O) groups excluding carboxylic acids is 2. The maximum absolute atomic E-state index is 12.4. The van der Waals surface area contributed by atoms with Gasteiger partial charge in [-0.3, -0.25) is 14.1 Å². The average molecular weight is 468 g/mol. The Morgan fingerprint density at radius 2 is 1.77 bits per heavy atom. The van der Waals surface area contributed by atoms with E-state index >= 15 is 0 Å². The van der Waals surface area contributed by atoms with E-state index in [4.69, 9.17) is 15.5 Å². The molecule has 0 fully saturated rings. The third-order valence-corrected chi connectivity index (χ3v) is 6.57. The van der Waals surface area contributed by atoms with Gasteiger partial charge in [-0.2, -0.15) is 0 Å². The molecule has 7 nitrogen and oxygen atoms in total. The van der Waals surface area contributed by atoms with Gasteiger partial charge in [-0.1, -0.05) is 24.3 Å². The molecular formula is C22H30NO6PS. The molecule has 31 heavy (non-hydrogen) atoms. The molecule has 1 heterocycles. The van der Waals surface area contributed by atoms with Crippen molar-refractivity contribution in [3.05, 3.63) is 57.3 Å². The van der Waals surface area contributed by atoms with Crippen LogP contribution in [0.5, 0.6) is 0 Å². The highest BCUT2D eigenvalue weighted by Gasteiger charge is 2.24. The van der Waals surface area contributed by atoms with Crippen molar-refractivity contribution in [3.63, 3.8) is 0 Å². The minimum absolute atomic E-state index is 0.0537. The van der Waals surface area contributed by atoms with Gasteiger partial charge in [0.05, 0.1) is 11.5 Å². The molecule has 1 aromatic heterocycles. The zero-order valence-electron chi connectivity index (χ0n) is 17.9. The first kappa shape index (κ1) is 25.6. The van der Waals surface area contributed by atoms with Gasteiger partial charge in [0.2, 0.25) is 0 Å². The van der Waals surface area contributed by atoms with Crippen molar-refractivity contribution >= 4 is 30.7 Å². The van der Waals surface area contributed by atoms with Gasteiger partial charge in [0.15, 0.2) is 11.6 Å². The second-order valence-corrected chi connectivity index (χ2v) is 10.5. The summed E-state index contributed by atoms with van der Waals surface area (Å²) in [4.78, 5) is 43.1. The number of hydrogen-bond donors (Lipinski definition) is 3. The van der Waals surface area contributed by atoms with Crippen LogP contribution in [0.25, 0.3) is 0 Å². The van der Waals surface area contributed by atoms with Crippen LogP contribution in [0.2, 0.25) is 0 Å². The number of ketones is 2. The zero-order chi connectivity index (χ0) is 23.1. The van der Waals surface area contributed by atoms with Crippen molar-refractivity contribution in [3.8, 4) is 0 Å². The number of phosphoric acid groups is 1. The molecule has 1 aromatic carbocycles. The highest BCUT2D eigenvalue weighted by molar-refractivity contribution is 7.46. The van der Waals surface area contributed by atoms with Crippen LogP contribution in [0.15, 0.2) is 36.4 Å². The van der Waals surface area contributed by atoms with Crippen molar-refractivity contribution in [2.24, 2.45) is 5.73 Å². The lowest BCUT2D eigenvalue weighted by molar-refractivity contribution is 0.0981. The third-order valence-electron chi connectivity index (χ3n) is 4.92. The number of rotatable bonds is 13. The van der Waals surface area contributed by atoms with E-state index in [9.17, 15) is 14.2 Å². The van der Waals surface area contributed by atoms with Gasteiger partial charge in [-0.05, 0) is 63.6 Å². The van der Waals surface area contributed by atoms with Gasteiger partial charge in [0.1, 0.15) is 0 Å². The number of nitrogens with two attached hydrogens (primary N) is 1. The summed E-state index contributed by atoms with van der Waals surface area (Å²) in [7, 11) is -4.54. The molecule has 0 saturated heterocycles. The van der Waals surface area contributed by atoms with Crippen LogP contribution in [0.3, 0.4) is 0 Å². The Balaban J connectivity index is 1.73. The maximum atomic E-state index is 12.4. The first-order valence-corrected chi connectivity index (χ1v) is 12.5. The molecule has 4 N–H and O–H groups in total. The SMILES string of the molecule is CC(=O)c1ccc(CCCCC(=O)c2ccc(CCC(C)(N)COP(=O)(O)O)s2)cc1. The van der Waals surface area contributed by atoms with E-state index in [0.29, 0.717) is 29.7 Å². The van der Waals surface area contributed by atoms with Crippen LogP contribution in [-0.2, 0) is 21.9 Å². The molecule has 2 rings (SSSR count). The highest BCUT2D eigenvalue weighted by Crippen LogP contribution is 2.37. The average Bonchev–Trinajstić information content (AvgIpc) is 3.17. The molecule has 0 radical (unpaired) electrons. The van der Waals surface area contributed by atoms with Crippen molar-refractivity contribution in [1.29, 1.82) is 0 Å². The van der Waals surface area contributed by atoms with E-state index in [-0.39, 0.29) is 18.2 Å². The van der Waals surface area contributed by atoms with Crippen LogP contribution >= 0.6 is 19.2 Å². The van der Waals surface area contributed by atoms with Gasteiger partial charge < -0.3 is 15.5 Å². The van der Waals surface area contributed by atoms with Crippen LogP contribution in [0, 0.1) is 0 Å². The molecule has 170 valence electrons. The summed E-state index contributed by atoms with van der Waals surface area (Å²) in [5.41, 5.74) is 7.03. The summed E-state index contributed by atoms with van der Waals surface area (Å²) in [5, 5.41) is 0. The smallest absolute Gasteiger partial charge is 0.323 e. The number of hydrogen-bond acceptors (Lipinski definition) is 6. The summed E-state index contributed by atoms with van der Waals surface area (Å²) < 4.78 is 15.3. The molecule has 0 aliphatic heterocycles. The number of phosphoric ester groups is 1. The molecular weight excluding hydrogens is 437 g/mol. The Kier molecular flexibility index (Phi) is 9.30. The Morgan fingerprint density at radius 1 is 1.10 bits per heavy atom. The van der Waals surface area contributed by atoms with Crippen molar-refractivity contribution in [1.82, 2.24) is 0 Å². The number of benzene rings is 1. The lowest BCUT2D eigenvalue weighted by Gasteiger charge is -2.24. The standard InChI is InChI=1S/C22H30NO6PS/c1-16(24)18-9-7-17(8-10-18)5-3-4-6-20(25)21-12-11-19(31-21)13-14-22(2,23)15-29-30(26,27)28/h7-12H,3-6,13-15,23H2,1-2H3,(H2,26,27,28). The topological polar surface area (TPSA) is 127 Å². The fourth-order valence-electron chi connectivity index (χ4n) is 3.02. The molecule has 0 spiro atoms. The molecule has 2 aromatic rings. The predicted octanol–water partition coefficient (Wildman–Crippen LogP) is 4.31. The Hall–Kier alpha value is -1.67. The molecule has 1 atom stereocenters. The second kappa shape index (κ2) is 11.3. The van der Waals surface area contributed by atoms with E-state index in [1.54, 1.807) is 13.8 Å². The largest absolute Gasteiger partial charge is 0.469 e. The Morgan fingerprint density at radius 3 is 2.39 bits per heavy atom. The number of thiophene rings is 1. The number of carbonyl (C=O) groups is 2. The first-order valence-electron chi connectivity index (χ1n) is 10.2. The number of Topliss-reactive ketones (excluding diaryl/α,β-unsaturated/α-hetero) is 2. The highest BCUT2D eigenvalue weighted by atomic mass is 32.1. The molecule has 0 amide bonds. The fourth-order valence-corrected chi connectivity index (χ4v) is 4.46. The molecule has 0 aliphatic carbocycles. The van der Waals surface area contributed by atoms with Gasteiger partial charge >= 0.3 is 7.82 Å². The third kappa shape index (κ3) is 9.56. The molecule has 0 aliphatic rings.